The minimum absolute atomic E-state index is 0.153. The predicted octanol–water partition coefficient (Wildman–Crippen LogP) is 1.78. The maximum absolute atomic E-state index is 12.6. The molecule has 3 rings (SSSR count). The Labute approximate surface area is 153 Å². The lowest BCUT2D eigenvalue weighted by atomic mass is 9.84. The van der Waals surface area contributed by atoms with Crippen LogP contribution in [0.2, 0.25) is 0 Å². The second-order valence-corrected chi connectivity index (χ2v) is 7.09. The van der Waals surface area contributed by atoms with E-state index in [0.29, 0.717) is 30.3 Å². The van der Waals surface area contributed by atoms with Crippen molar-refractivity contribution >= 4 is 5.91 Å². The molecule has 0 unspecified atom stereocenters. The highest BCUT2D eigenvalue weighted by Gasteiger charge is 2.26. The zero-order chi connectivity index (χ0) is 18.7. The fourth-order valence-corrected chi connectivity index (χ4v) is 3.16. The van der Waals surface area contributed by atoms with E-state index in [4.69, 9.17) is 9.47 Å². The average Bonchev–Trinajstić information content (AvgIpc) is 3.09. The molecule has 0 atom stereocenters. The molecule has 2 heterocycles. The summed E-state index contributed by atoms with van der Waals surface area (Å²) in [7, 11) is 3.23. The van der Waals surface area contributed by atoms with Crippen LogP contribution >= 0.6 is 0 Å². The molecule has 1 amide bonds. The summed E-state index contributed by atoms with van der Waals surface area (Å²) < 4.78 is 10.7. The summed E-state index contributed by atoms with van der Waals surface area (Å²) in [4.78, 5) is 12.6. The monoisotopic (exact) mass is 358 g/mol. The average molecular weight is 358 g/mol. The standard InChI is InChI=1S/C19H26N4O3/c1-19(2,12-5-6-15(25-3)16(9-12)26-4)11-21-18(24)17-13-10-20-8-7-14(13)22-23-17/h5-6,9,20H,7-8,10-11H2,1-4H3,(H,21,24)(H,22,23). The van der Waals surface area contributed by atoms with Gasteiger partial charge in [0.05, 0.1) is 14.2 Å². The van der Waals surface area contributed by atoms with E-state index in [-0.39, 0.29) is 11.3 Å². The number of rotatable bonds is 6. The van der Waals surface area contributed by atoms with E-state index in [2.05, 4.69) is 34.7 Å². The first-order valence-corrected chi connectivity index (χ1v) is 8.74. The van der Waals surface area contributed by atoms with Crippen LogP contribution < -0.4 is 20.1 Å². The molecule has 0 radical (unpaired) electrons. The van der Waals surface area contributed by atoms with E-state index in [9.17, 15) is 4.79 Å². The van der Waals surface area contributed by atoms with E-state index in [1.165, 1.54) is 0 Å². The van der Waals surface area contributed by atoms with Crippen LogP contribution in [0.5, 0.6) is 11.5 Å². The van der Waals surface area contributed by atoms with Crippen molar-refractivity contribution in [1.29, 1.82) is 0 Å². The number of nitrogens with zero attached hydrogens (tertiary/aromatic N) is 1. The van der Waals surface area contributed by atoms with Gasteiger partial charge in [0, 0.05) is 42.7 Å². The molecule has 0 saturated heterocycles. The number of aromatic nitrogens is 2. The Balaban J connectivity index is 1.72. The van der Waals surface area contributed by atoms with E-state index in [0.717, 1.165) is 29.8 Å². The number of fused-ring (bicyclic) bond motifs is 1. The number of benzene rings is 1. The summed E-state index contributed by atoms with van der Waals surface area (Å²) in [6.45, 7) is 6.22. The lowest BCUT2D eigenvalue weighted by Gasteiger charge is -2.26. The van der Waals surface area contributed by atoms with E-state index in [1.807, 2.05) is 18.2 Å². The number of carbonyl (C=O) groups is 1. The van der Waals surface area contributed by atoms with Gasteiger partial charge >= 0.3 is 0 Å². The van der Waals surface area contributed by atoms with E-state index in [1.54, 1.807) is 14.2 Å². The molecule has 1 aromatic heterocycles. The number of amides is 1. The molecule has 7 nitrogen and oxygen atoms in total. The van der Waals surface area contributed by atoms with Crippen molar-refractivity contribution in [3.8, 4) is 11.5 Å². The molecule has 3 N–H and O–H groups in total. The number of carbonyl (C=O) groups excluding carboxylic acids is 1. The second kappa shape index (κ2) is 7.37. The third-order valence-electron chi connectivity index (χ3n) is 4.88. The number of aromatic amines is 1. The third kappa shape index (κ3) is 3.53. The zero-order valence-corrected chi connectivity index (χ0v) is 15.7. The fraction of sp³-hybridized carbons (Fsp3) is 0.474. The number of nitrogens with one attached hydrogen (secondary N) is 3. The smallest absolute Gasteiger partial charge is 0.272 e. The largest absolute Gasteiger partial charge is 0.493 e. The Morgan fingerprint density at radius 1 is 1.27 bits per heavy atom. The zero-order valence-electron chi connectivity index (χ0n) is 15.7. The van der Waals surface area contributed by atoms with Gasteiger partial charge in [0.25, 0.3) is 5.91 Å². The van der Waals surface area contributed by atoms with Crippen molar-refractivity contribution in [3.05, 3.63) is 40.7 Å². The number of H-pyrrole nitrogens is 1. The highest BCUT2D eigenvalue weighted by atomic mass is 16.5. The van der Waals surface area contributed by atoms with Gasteiger partial charge in [-0.15, -0.1) is 0 Å². The van der Waals surface area contributed by atoms with Crippen LogP contribution in [0.25, 0.3) is 0 Å². The molecule has 1 aromatic carbocycles. The van der Waals surface area contributed by atoms with Crippen LogP contribution in [0.3, 0.4) is 0 Å². The highest BCUT2D eigenvalue weighted by molar-refractivity contribution is 5.94. The first-order chi connectivity index (χ1) is 12.5. The molecule has 0 spiro atoms. The first-order valence-electron chi connectivity index (χ1n) is 8.74. The van der Waals surface area contributed by atoms with Gasteiger partial charge in [-0.3, -0.25) is 9.89 Å². The maximum atomic E-state index is 12.6. The highest BCUT2D eigenvalue weighted by Crippen LogP contribution is 2.33. The molecule has 140 valence electrons. The quantitative estimate of drug-likeness (QED) is 0.733. The van der Waals surface area contributed by atoms with Crippen LogP contribution in [0.4, 0.5) is 0 Å². The Kier molecular flexibility index (Phi) is 5.18. The summed E-state index contributed by atoms with van der Waals surface area (Å²) in [6, 6.07) is 5.83. The SMILES string of the molecule is COc1ccc(C(C)(C)CNC(=O)c2n[nH]c3c2CNCC3)cc1OC. The van der Waals surface area contributed by atoms with E-state index < -0.39 is 0 Å². The van der Waals surface area contributed by atoms with Crippen LogP contribution in [-0.4, -0.2) is 43.4 Å². The van der Waals surface area contributed by atoms with Crippen molar-refractivity contribution in [3.63, 3.8) is 0 Å². The normalized spacial score (nSPS) is 13.8. The first kappa shape index (κ1) is 18.3. The van der Waals surface area contributed by atoms with Crippen LogP contribution in [0.15, 0.2) is 18.2 Å². The fourth-order valence-electron chi connectivity index (χ4n) is 3.16. The maximum Gasteiger partial charge on any atom is 0.272 e. The number of hydrogen-bond donors (Lipinski definition) is 3. The molecule has 0 saturated carbocycles. The van der Waals surface area contributed by atoms with Gasteiger partial charge < -0.3 is 20.1 Å². The van der Waals surface area contributed by atoms with Crippen molar-refractivity contribution in [1.82, 2.24) is 20.8 Å². The van der Waals surface area contributed by atoms with Crippen molar-refractivity contribution in [2.45, 2.75) is 32.2 Å². The Morgan fingerprint density at radius 2 is 2.04 bits per heavy atom. The lowest BCUT2D eigenvalue weighted by molar-refractivity contribution is 0.0939. The Morgan fingerprint density at radius 3 is 2.77 bits per heavy atom. The number of hydrogen-bond acceptors (Lipinski definition) is 5. The summed E-state index contributed by atoms with van der Waals surface area (Å²) in [5.41, 5.74) is 3.28. The van der Waals surface area contributed by atoms with Crippen molar-refractivity contribution in [2.24, 2.45) is 0 Å². The van der Waals surface area contributed by atoms with E-state index >= 15 is 0 Å². The molecule has 1 aliphatic heterocycles. The number of methoxy groups -OCH3 is 2. The van der Waals surface area contributed by atoms with Crippen molar-refractivity contribution < 1.29 is 14.3 Å². The Bertz CT molecular complexity index is 798. The molecule has 0 aliphatic carbocycles. The number of ether oxygens (including phenoxy) is 2. The summed E-state index contributed by atoms with van der Waals surface area (Å²) >= 11 is 0. The molecular formula is C19H26N4O3. The van der Waals surface area contributed by atoms with Gasteiger partial charge in [-0.1, -0.05) is 19.9 Å². The van der Waals surface area contributed by atoms with Gasteiger partial charge in [0.2, 0.25) is 0 Å². The lowest BCUT2D eigenvalue weighted by Crippen LogP contribution is -2.37. The van der Waals surface area contributed by atoms with Gasteiger partial charge in [-0.25, -0.2) is 0 Å². The molecule has 26 heavy (non-hydrogen) atoms. The van der Waals surface area contributed by atoms with Gasteiger partial charge in [0.15, 0.2) is 17.2 Å². The van der Waals surface area contributed by atoms with Crippen LogP contribution in [-0.2, 0) is 18.4 Å². The third-order valence-corrected chi connectivity index (χ3v) is 4.88. The molecule has 2 aromatic rings. The molecule has 0 bridgehead atoms. The minimum atomic E-state index is -0.274. The predicted molar refractivity (Wildman–Crippen MR) is 98.9 cm³/mol. The summed E-state index contributed by atoms with van der Waals surface area (Å²) in [5.74, 6) is 1.21. The Hall–Kier alpha value is -2.54. The summed E-state index contributed by atoms with van der Waals surface area (Å²) in [5, 5.41) is 13.5. The second-order valence-electron chi connectivity index (χ2n) is 7.09. The van der Waals surface area contributed by atoms with Gasteiger partial charge in [-0.2, -0.15) is 5.10 Å². The summed E-state index contributed by atoms with van der Waals surface area (Å²) in [6.07, 6.45) is 0.868. The van der Waals surface area contributed by atoms with Gasteiger partial charge in [-0.05, 0) is 17.7 Å². The molecule has 1 aliphatic rings. The molecule has 7 heteroatoms. The molecule has 0 fully saturated rings. The molecular weight excluding hydrogens is 332 g/mol. The van der Waals surface area contributed by atoms with Gasteiger partial charge in [0.1, 0.15) is 0 Å². The topological polar surface area (TPSA) is 88.3 Å². The van der Waals surface area contributed by atoms with Crippen molar-refractivity contribution in [2.75, 3.05) is 27.3 Å². The van der Waals surface area contributed by atoms with Crippen LogP contribution in [0, 0.1) is 0 Å². The van der Waals surface area contributed by atoms with Crippen LogP contribution in [0.1, 0.15) is 41.2 Å². The minimum Gasteiger partial charge on any atom is -0.493 e.